The molecule has 1 saturated carbocycles. The van der Waals surface area contributed by atoms with Gasteiger partial charge in [-0.3, -0.25) is 4.79 Å². The van der Waals surface area contributed by atoms with Gasteiger partial charge in [0, 0.05) is 12.1 Å². The van der Waals surface area contributed by atoms with Crippen LogP contribution in [0.5, 0.6) is 0 Å². The average molecular weight is 287 g/mol. The van der Waals surface area contributed by atoms with Gasteiger partial charge in [0.15, 0.2) is 0 Å². The Morgan fingerprint density at radius 1 is 1.10 bits per heavy atom. The molecule has 1 fully saturated rings. The highest BCUT2D eigenvalue weighted by Gasteiger charge is 2.43. The highest BCUT2D eigenvalue weighted by atomic mass is 19.1. The van der Waals surface area contributed by atoms with Gasteiger partial charge in [-0.25, -0.2) is 18.0 Å². The monoisotopic (exact) mass is 287 g/mol. The van der Waals surface area contributed by atoms with Gasteiger partial charge in [0.2, 0.25) is 0 Å². The molecule has 20 heavy (non-hydrogen) atoms. The van der Waals surface area contributed by atoms with Crippen molar-refractivity contribution in [3.63, 3.8) is 0 Å². The number of hydrogen-bond acceptors (Lipinski definition) is 2. The number of hydrogen-bond donors (Lipinski definition) is 2. The molecule has 2 rings (SSSR count). The number of aliphatic carboxylic acids is 1. The summed E-state index contributed by atoms with van der Waals surface area (Å²) in [6.07, 6.45) is 1.58. The van der Waals surface area contributed by atoms with Crippen molar-refractivity contribution in [2.75, 3.05) is 0 Å². The molecule has 0 aromatic heterocycles. The lowest BCUT2D eigenvalue weighted by Crippen LogP contribution is -2.52. The molecule has 0 aliphatic heterocycles. The normalized spacial score (nSPS) is 16.9. The van der Waals surface area contributed by atoms with E-state index in [-0.39, 0.29) is 12.8 Å². The number of carbonyl (C=O) groups is 2. The van der Waals surface area contributed by atoms with Crippen molar-refractivity contribution < 1.29 is 27.9 Å². The van der Waals surface area contributed by atoms with Crippen LogP contribution in [0.2, 0.25) is 0 Å². The lowest BCUT2D eigenvalue weighted by molar-refractivity contribution is -0.144. The molecule has 0 bridgehead atoms. The first-order valence-corrected chi connectivity index (χ1v) is 6.06. The standard InChI is InChI=1S/C13H12F3NO3/c14-7-5-8(15)10(9(16)6-7)11(18)17-13(12(19)20)3-1-2-4-13/h5-6H,1-4H2,(H,17,18)(H,19,20). The predicted molar refractivity (Wildman–Crippen MR) is 62.6 cm³/mol. The summed E-state index contributed by atoms with van der Waals surface area (Å²) in [6, 6.07) is 0.750. The van der Waals surface area contributed by atoms with Crippen molar-refractivity contribution in [3.8, 4) is 0 Å². The van der Waals surface area contributed by atoms with Crippen LogP contribution < -0.4 is 5.32 Å². The largest absolute Gasteiger partial charge is 0.480 e. The van der Waals surface area contributed by atoms with Crippen molar-refractivity contribution in [3.05, 3.63) is 35.1 Å². The summed E-state index contributed by atoms with van der Waals surface area (Å²) in [4.78, 5) is 23.1. The van der Waals surface area contributed by atoms with Crippen LogP contribution in [0.3, 0.4) is 0 Å². The fraction of sp³-hybridized carbons (Fsp3) is 0.385. The molecule has 0 saturated heterocycles. The van der Waals surface area contributed by atoms with Crippen LogP contribution in [0, 0.1) is 17.5 Å². The fourth-order valence-electron chi connectivity index (χ4n) is 2.41. The molecule has 0 unspecified atom stereocenters. The summed E-state index contributed by atoms with van der Waals surface area (Å²) >= 11 is 0. The van der Waals surface area contributed by atoms with E-state index in [1.165, 1.54) is 0 Å². The van der Waals surface area contributed by atoms with Crippen LogP contribution in [0.15, 0.2) is 12.1 Å². The first-order chi connectivity index (χ1) is 9.35. The molecule has 108 valence electrons. The topological polar surface area (TPSA) is 66.4 Å². The van der Waals surface area contributed by atoms with Gasteiger partial charge >= 0.3 is 5.97 Å². The maximum atomic E-state index is 13.5. The molecule has 4 nitrogen and oxygen atoms in total. The molecule has 1 aliphatic rings. The third kappa shape index (κ3) is 2.48. The van der Waals surface area contributed by atoms with Crippen molar-refractivity contribution in [1.82, 2.24) is 5.32 Å². The number of benzene rings is 1. The Balaban J connectivity index is 2.31. The number of rotatable bonds is 3. The number of carboxylic acids is 1. The van der Waals surface area contributed by atoms with Crippen LogP contribution in [-0.2, 0) is 4.79 Å². The number of nitrogens with one attached hydrogen (secondary N) is 1. The second-order valence-corrected chi connectivity index (χ2v) is 4.79. The van der Waals surface area contributed by atoms with Crippen LogP contribution >= 0.6 is 0 Å². The third-order valence-electron chi connectivity index (χ3n) is 3.45. The molecule has 0 atom stereocenters. The Kier molecular flexibility index (Phi) is 3.69. The molecular formula is C13H12F3NO3. The van der Waals surface area contributed by atoms with Crippen molar-refractivity contribution in [1.29, 1.82) is 0 Å². The van der Waals surface area contributed by atoms with Gasteiger partial charge < -0.3 is 10.4 Å². The van der Waals surface area contributed by atoms with Crippen LogP contribution in [0.4, 0.5) is 13.2 Å². The maximum absolute atomic E-state index is 13.5. The van der Waals surface area contributed by atoms with Gasteiger partial charge in [-0.2, -0.15) is 0 Å². The summed E-state index contributed by atoms with van der Waals surface area (Å²) in [5.41, 5.74) is -2.48. The minimum absolute atomic E-state index is 0.193. The summed E-state index contributed by atoms with van der Waals surface area (Å²) < 4.78 is 39.7. The molecule has 0 heterocycles. The van der Waals surface area contributed by atoms with E-state index in [1.54, 1.807) is 0 Å². The zero-order chi connectivity index (χ0) is 14.9. The average Bonchev–Trinajstić information content (AvgIpc) is 2.77. The summed E-state index contributed by atoms with van der Waals surface area (Å²) in [5, 5.41) is 11.3. The van der Waals surface area contributed by atoms with Gasteiger partial charge in [0.05, 0.1) is 0 Å². The number of carbonyl (C=O) groups excluding carboxylic acids is 1. The minimum atomic E-state index is -1.51. The van der Waals surface area contributed by atoms with E-state index in [0.29, 0.717) is 25.0 Å². The second kappa shape index (κ2) is 5.15. The molecule has 1 aliphatic carbocycles. The summed E-state index contributed by atoms with van der Waals surface area (Å²) in [7, 11) is 0. The van der Waals surface area contributed by atoms with E-state index < -0.39 is 40.4 Å². The SMILES string of the molecule is O=C(NC1(C(=O)O)CCCC1)c1c(F)cc(F)cc1F. The Morgan fingerprint density at radius 3 is 2.05 bits per heavy atom. The van der Waals surface area contributed by atoms with E-state index >= 15 is 0 Å². The molecule has 2 N–H and O–H groups in total. The van der Waals surface area contributed by atoms with Crippen molar-refractivity contribution in [2.24, 2.45) is 0 Å². The lowest BCUT2D eigenvalue weighted by atomic mass is 9.97. The zero-order valence-corrected chi connectivity index (χ0v) is 10.4. The number of halogens is 3. The minimum Gasteiger partial charge on any atom is -0.480 e. The predicted octanol–water partition coefficient (Wildman–Crippen LogP) is 2.23. The van der Waals surface area contributed by atoms with Gasteiger partial charge in [-0.15, -0.1) is 0 Å². The second-order valence-electron chi connectivity index (χ2n) is 4.79. The van der Waals surface area contributed by atoms with Gasteiger partial charge in [-0.05, 0) is 12.8 Å². The molecule has 0 radical (unpaired) electrons. The maximum Gasteiger partial charge on any atom is 0.329 e. The van der Waals surface area contributed by atoms with E-state index in [4.69, 9.17) is 0 Å². The first-order valence-electron chi connectivity index (χ1n) is 6.06. The first kappa shape index (κ1) is 14.4. The summed E-state index contributed by atoms with van der Waals surface area (Å²) in [6.45, 7) is 0. The molecular weight excluding hydrogens is 275 g/mol. The number of carboxylic acid groups (broad SMARTS) is 1. The van der Waals surface area contributed by atoms with Gasteiger partial charge in [0.25, 0.3) is 5.91 Å². The highest BCUT2D eigenvalue weighted by molar-refractivity contribution is 5.98. The van der Waals surface area contributed by atoms with Gasteiger partial charge in [0.1, 0.15) is 28.6 Å². The Hall–Kier alpha value is -2.05. The molecule has 1 aromatic carbocycles. The molecule has 1 amide bonds. The number of amides is 1. The van der Waals surface area contributed by atoms with Gasteiger partial charge in [-0.1, -0.05) is 12.8 Å². The molecule has 7 heteroatoms. The molecule has 0 spiro atoms. The third-order valence-corrected chi connectivity index (χ3v) is 3.45. The smallest absolute Gasteiger partial charge is 0.329 e. The van der Waals surface area contributed by atoms with E-state index in [0.717, 1.165) is 0 Å². The quantitative estimate of drug-likeness (QED) is 0.896. The molecule has 1 aromatic rings. The highest BCUT2D eigenvalue weighted by Crippen LogP contribution is 2.30. The Bertz CT molecular complexity index is 545. The van der Waals surface area contributed by atoms with Crippen LogP contribution in [0.25, 0.3) is 0 Å². The Morgan fingerprint density at radius 2 is 1.60 bits per heavy atom. The zero-order valence-electron chi connectivity index (χ0n) is 10.4. The van der Waals surface area contributed by atoms with Crippen LogP contribution in [0.1, 0.15) is 36.0 Å². The fourth-order valence-corrected chi connectivity index (χ4v) is 2.41. The lowest BCUT2D eigenvalue weighted by Gasteiger charge is -2.25. The Labute approximate surface area is 112 Å². The summed E-state index contributed by atoms with van der Waals surface area (Å²) in [5.74, 6) is -6.31. The van der Waals surface area contributed by atoms with Crippen LogP contribution in [-0.4, -0.2) is 22.5 Å². The van der Waals surface area contributed by atoms with Crippen molar-refractivity contribution >= 4 is 11.9 Å². The van der Waals surface area contributed by atoms with Crippen molar-refractivity contribution in [2.45, 2.75) is 31.2 Å². The van der Waals surface area contributed by atoms with E-state index in [2.05, 4.69) is 5.32 Å². The van der Waals surface area contributed by atoms with E-state index in [1.807, 2.05) is 0 Å². The van der Waals surface area contributed by atoms with E-state index in [9.17, 15) is 27.9 Å².